The third-order valence-corrected chi connectivity index (χ3v) is 7.00. The molecule has 2 aromatic rings. The van der Waals surface area contributed by atoms with Crippen LogP contribution < -0.4 is 9.47 Å². The maximum absolute atomic E-state index is 12.9. The zero-order valence-electron chi connectivity index (χ0n) is 20.1. The van der Waals surface area contributed by atoms with E-state index in [0.717, 1.165) is 29.5 Å². The number of hydrogen-bond donors (Lipinski definition) is 1. The molecule has 2 saturated heterocycles. The Kier molecular flexibility index (Phi) is 8.40. The molecule has 0 unspecified atom stereocenters. The van der Waals surface area contributed by atoms with Gasteiger partial charge < -0.3 is 19.5 Å². The summed E-state index contributed by atoms with van der Waals surface area (Å²) in [4.78, 5) is 51.8. The lowest BCUT2D eigenvalue weighted by Crippen LogP contribution is -2.40. The topological polar surface area (TPSA) is 113 Å². The lowest BCUT2D eigenvalue weighted by Gasteiger charge is -2.18. The summed E-state index contributed by atoms with van der Waals surface area (Å²) in [5, 5.41) is 8.91. The van der Waals surface area contributed by atoms with E-state index in [0.29, 0.717) is 36.6 Å². The molecular formula is C26H25ClN2O7S. The Morgan fingerprint density at radius 1 is 1.14 bits per heavy atom. The van der Waals surface area contributed by atoms with Gasteiger partial charge in [0, 0.05) is 13.1 Å². The zero-order valence-corrected chi connectivity index (χ0v) is 21.6. The van der Waals surface area contributed by atoms with E-state index in [-0.39, 0.29) is 40.3 Å². The first-order valence-corrected chi connectivity index (χ1v) is 12.9. The highest BCUT2D eigenvalue weighted by atomic mass is 35.5. The summed E-state index contributed by atoms with van der Waals surface area (Å²) in [5.41, 5.74) is 1.30. The second-order valence-electron chi connectivity index (χ2n) is 8.41. The van der Waals surface area contributed by atoms with Crippen LogP contribution in [0.1, 0.15) is 41.3 Å². The molecule has 0 saturated carbocycles. The van der Waals surface area contributed by atoms with Gasteiger partial charge in [0.2, 0.25) is 5.91 Å². The van der Waals surface area contributed by atoms with Crippen molar-refractivity contribution >= 4 is 52.5 Å². The number of halogens is 1. The fourth-order valence-corrected chi connectivity index (χ4v) is 5.13. The third-order valence-electron chi connectivity index (χ3n) is 5.81. The van der Waals surface area contributed by atoms with E-state index >= 15 is 0 Å². The number of hydrogen-bond acceptors (Lipinski definition) is 7. The summed E-state index contributed by atoms with van der Waals surface area (Å²) in [5.74, 6) is -1.21. The van der Waals surface area contributed by atoms with E-state index in [1.54, 1.807) is 36.1 Å². The molecule has 0 spiro atoms. The van der Waals surface area contributed by atoms with Gasteiger partial charge in [0.1, 0.15) is 13.2 Å². The van der Waals surface area contributed by atoms with Crippen LogP contribution >= 0.6 is 23.4 Å². The zero-order chi connectivity index (χ0) is 26.5. The van der Waals surface area contributed by atoms with Crippen molar-refractivity contribution in [1.29, 1.82) is 0 Å². The largest absolute Gasteiger partial charge is 0.490 e. The van der Waals surface area contributed by atoms with Gasteiger partial charge in [-0.1, -0.05) is 23.7 Å². The number of carboxylic acids is 1. The number of carboxylic acid groups (broad SMARTS) is 1. The van der Waals surface area contributed by atoms with Gasteiger partial charge in [-0.15, -0.1) is 0 Å². The van der Waals surface area contributed by atoms with Gasteiger partial charge >= 0.3 is 5.97 Å². The van der Waals surface area contributed by atoms with Gasteiger partial charge in [0.25, 0.3) is 11.1 Å². The number of carbonyl (C=O) groups excluding carboxylic acids is 3. The molecule has 0 radical (unpaired) electrons. The summed E-state index contributed by atoms with van der Waals surface area (Å²) in [6, 6.07) is 9.58. The molecule has 2 fully saturated rings. The highest BCUT2D eigenvalue weighted by molar-refractivity contribution is 8.18. The van der Waals surface area contributed by atoms with Gasteiger partial charge in [-0.3, -0.25) is 19.3 Å². The predicted molar refractivity (Wildman–Crippen MR) is 139 cm³/mol. The summed E-state index contributed by atoms with van der Waals surface area (Å²) >= 11 is 7.26. The van der Waals surface area contributed by atoms with Crippen molar-refractivity contribution in [2.24, 2.45) is 0 Å². The Labute approximate surface area is 223 Å². The first kappa shape index (κ1) is 26.6. The molecule has 0 bridgehead atoms. The Balaban J connectivity index is 1.51. The number of thioether (sulfide) groups is 1. The number of ether oxygens (including phenoxy) is 2. The molecule has 0 aromatic heterocycles. The van der Waals surface area contributed by atoms with Crippen molar-refractivity contribution in [2.45, 2.75) is 26.4 Å². The first-order valence-electron chi connectivity index (χ1n) is 11.7. The van der Waals surface area contributed by atoms with Crippen LogP contribution in [0.25, 0.3) is 6.08 Å². The van der Waals surface area contributed by atoms with Crippen molar-refractivity contribution in [3.8, 4) is 11.5 Å². The summed E-state index contributed by atoms with van der Waals surface area (Å²) in [6.07, 6.45) is 3.37. The monoisotopic (exact) mass is 544 g/mol. The molecule has 4 rings (SSSR count). The average Bonchev–Trinajstić information content (AvgIpc) is 3.49. The number of imide groups is 1. The minimum atomic E-state index is -1.04. The van der Waals surface area contributed by atoms with Crippen LogP contribution in [0.2, 0.25) is 5.02 Å². The lowest BCUT2D eigenvalue weighted by atomic mass is 10.1. The number of aromatic carboxylic acids is 1. The number of nitrogens with zero attached hydrogens (tertiary/aromatic N) is 2. The second-order valence-corrected chi connectivity index (χ2v) is 9.81. The molecule has 2 aromatic carbocycles. The normalized spacial score (nSPS) is 16.5. The minimum Gasteiger partial charge on any atom is -0.490 e. The third kappa shape index (κ3) is 6.26. The fraction of sp³-hybridized carbons (Fsp3) is 0.308. The van der Waals surface area contributed by atoms with E-state index in [1.165, 1.54) is 18.2 Å². The summed E-state index contributed by atoms with van der Waals surface area (Å²) in [6.45, 7) is 3.18. The van der Waals surface area contributed by atoms with E-state index in [2.05, 4.69) is 0 Å². The van der Waals surface area contributed by atoms with Crippen LogP contribution in [0.4, 0.5) is 4.79 Å². The van der Waals surface area contributed by atoms with Crippen LogP contribution in [-0.4, -0.2) is 64.2 Å². The number of carbonyl (C=O) groups is 4. The van der Waals surface area contributed by atoms with Gasteiger partial charge in [-0.2, -0.15) is 0 Å². The second kappa shape index (κ2) is 11.7. The summed E-state index contributed by atoms with van der Waals surface area (Å²) in [7, 11) is 0. The molecule has 9 nitrogen and oxygen atoms in total. The predicted octanol–water partition coefficient (Wildman–Crippen LogP) is 4.67. The molecule has 2 aliphatic heterocycles. The highest BCUT2D eigenvalue weighted by Gasteiger charge is 2.37. The van der Waals surface area contributed by atoms with Crippen LogP contribution in [-0.2, 0) is 16.2 Å². The van der Waals surface area contributed by atoms with Crippen LogP contribution in [0.5, 0.6) is 11.5 Å². The lowest BCUT2D eigenvalue weighted by molar-refractivity contribution is -0.135. The quantitative estimate of drug-likeness (QED) is 0.453. The van der Waals surface area contributed by atoms with Crippen LogP contribution in [0, 0.1) is 0 Å². The molecule has 3 amide bonds. The van der Waals surface area contributed by atoms with Crippen molar-refractivity contribution in [1.82, 2.24) is 9.80 Å². The fourth-order valence-electron chi connectivity index (χ4n) is 4.01. The van der Waals surface area contributed by atoms with Crippen molar-refractivity contribution in [3.63, 3.8) is 0 Å². The number of likely N-dealkylation sites (tertiary alicyclic amines) is 1. The average molecular weight is 545 g/mol. The SMILES string of the molecule is CCOc1cc(/C=C2/SC(=O)N(CC(=O)N3CCCC3)C2=O)cc(Cl)c1OCc1cccc(C(=O)O)c1. The van der Waals surface area contributed by atoms with Crippen LogP contribution in [0.15, 0.2) is 41.3 Å². The number of amides is 3. The molecule has 11 heteroatoms. The summed E-state index contributed by atoms with van der Waals surface area (Å²) < 4.78 is 11.6. The Morgan fingerprint density at radius 3 is 2.59 bits per heavy atom. The van der Waals surface area contributed by atoms with Gasteiger partial charge in [0.15, 0.2) is 11.5 Å². The molecule has 1 N–H and O–H groups in total. The van der Waals surface area contributed by atoms with Gasteiger partial charge in [-0.05, 0) is 73.0 Å². The number of rotatable bonds is 9. The Morgan fingerprint density at radius 2 is 1.89 bits per heavy atom. The molecule has 194 valence electrons. The molecule has 2 aliphatic rings. The standard InChI is InChI=1S/C26H25ClN2O7S/c1-2-35-20-12-17(11-19(27)23(20)36-15-16-6-5-7-18(10-16)25(32)33)13-21-24(31)29(26(34)37-21)14-22(30)28-8-3-4-9-28/h5-7,10-13H,2-4,8-9,14-15H2,1H3,(H,32,33)/b21-13+. The van der Waals surface area contributed by atoms with Gasteiger partial charge in [0.05, 0.1) is 22.1 Å². The molecule has 0 atom stereocenters. The number of benzene rings is 2. The van der Waals surface area contributed by atoms with E-state index in [1.807, 2.05) is 0 Å². The van der Waals surface area contributed by atoms with Crippen molar-refractivity contribution in [3.05, 3.63) is 63.0 Å². The van der Waals surface area contributed by atoms with E-state index in [9.17, 15) is 24.3 Å². The maximum Gasteiger partial charge on any atom is 0.335 e. The molecule has 37 heavy (non-hydrogen) atoms. The molecule has 0 aliphatic carbocycles. The van der Waals surface area contributed by atoms with Crippen molar-refractivity contribution < 1.29 is 33.8 Å². The first-order chi connectivity index (χ1) is 17.8. The Bertz CT molecular complexity index is 1270. The van der Waals surface area contributed by atoms with E-state index < -0.39 is 17.1 Å². The van der Waals surface area contributed by atoms with E-state index in [4.69, 9.17) is 21.1 Å². The minimum absolute atomic E-state index is 0.0597. The Hall–Kier alpha value is -3.50. The van der Waals surface area contributed by atoms with Crippen LogP contribution in [0.3, 0.4) is 0 Å². The highest BCUT2D eigenvalue weighted by Crippen LogP contribution is 2.39. The molecule has 2 heterocycles. The van der Waals surface area contributed by atoms with Gasteiger partial charge in [-0.25, -0.2) is 4.79 Å². The van der Waals surface area contributed by atoms with Crippen molar-refractivity contribution in [2.75, 3.05) is 26.2 Å². The maximum atomic E-state index is 12.9. The molecular weight excluding hydrogens is 520 g/mol. The smallest absolute Gasteiger partial charge is 0.335 e.